The lowest BCUT2D eigenvalue weighted by Crippen LogP contribution is -2.42. The molecule has 3 aromatic rings. The van der Waals surface area contributed by atoms with E-state index in [0.717, 1.165) is 41.9 Å². The molecular formula is C19H21N3O2S. The summed E-state index contributed by atoms with van der Waals surface area (Å²) in [5.74, 6) is 0. The molecule has 0 unspecified atom stereocenters. The van der Waals surface area contributed by atoms with E-state index in [0.29, 0.717) is 10.2 Å². The third-order valence-corrected chi connectivity index (χ3v) is 6.09. The number of fused-ring (bicyclic) bond motifs is 1. The van der Waals surface area contributed by atoms with Gasteiger partial charge in [0.05, 0.1) is 5.39 Å². The summed E-state index contributed by atoms with van der Waals surface area (Å²) in [6.07, 6.45) is 1.66. The van der Waals surface area contributed by atoms with Crippen molar-refractivity contribution >= 4 is 21.6 Å². The van der Waals surface area contributed by atoms with Crippen LogP contribution in [0.25, 0.3) is 21.3 Å². The summed E-state index contributed by atoms with van der Waals surface area (Å²) in [6, 6.07) is 9.91. The molecule has 0 spiro atoms. The summed E-state index contributed by atoms with van der Waals surface area (Å²) in [5, 5.41) is 0.646. The van der Waals surface area contributed by atoms with Gasteiger partial charge >= 0.3 is 5.69 Å². The predicted molar refractivity (Wildman–Crippen MR) is 103 cm³/mol. The molecule has 0 aliphatic carbocycles. The standard InChI is InChI=1S/C19H21N3O2S/c1-12-15(13-6-4-3-5-7-13)16-17(25-12)20-19(24)22(18(16)23)14-8-10-21(2)11-9-14/h3-7,14H,8-11H2,1-2H3,(H,20,24). The van der Waals surface area contributed by atoms with E-state index in [9.17, 15) is 9.59 Å². The number of thiophene rings is 1. The molecule has 2 aromatic heterocycles. The Kier molecular flexibility index (Phi) is 4.09. The van der Waals surface area contributed by atoms with E-state index >= 15 is 0 Å². The highest BCUT2D eigenvalue weighted by molar-refractivity contribution is 7.19. The summed E-state index contributed by atoms with van der Waals surface area (Å²) in [5.41, 5.74) is 1.53. The average Bonchev–Trinajstić information content (AvgIpc) is 2.93. The van der Waals surface area contributed by atoms with Crippen LogP contribution in [0.1, 0.15) is 23.8 Å². The van der Waals surface area contributed by atoms with Crippen LogP contribution in [0.2, 0.25) is 0 Å². The first-order valence-corrected chi connectivity index (χ1v) is 9.40. The molecule has 3 heterocycles. The molecule has 1 aromatic carbocycles. The second-order valence-electron chi connectivity index (χ2n) is 6.74. The minimum atomic E-state index is -0.284. The van der Waals surface area contributed by atoms with Crippen molar-refractivity contribution in [3.8, 4) is 11.1 Å². The minimum absolute atomic E-state index is 0.0271. The van der Waals surface area contributed by atoms with Gasteiger partial charge in [-0.2, -0.15) is 0 Å². The molecule has 1 N–H and O–H groups in total. The largest absolute Gasteiger partial charge is 0.329 e. The fourth-order valence-corrected chi connectivity index (χ4v) is 4.80. The van der Waals surface area contributed by atoms with Gasteiger partial charge in [-0.15, -0.1) is 11.3 Å². The number of hydrogen-bond acceptors (Lipinski definition) is 4. The third-order valence-electron chi connectivity index (χ3n) is 5.07. The Hall–Kier alpha value is -2.18. The van der Waals surface area contributed by atoms with Gasteiger partial charge in [-0.25, -0.2) is 4.79 Å². The van der Waals surface area contributed by atoms with Crippen molar-refractivity contribution in [2.24, 2.45) is 0 Å². The lowest BCUT2D eigenvalue weighted by atomic mass is 10.0. The van der Waals surface area contributed by atoms with Gasteiger partial charge in [0.15, 0.2) is 0 Å². The molecule has 1 aliphatic rings. The van der Waals surface area contributed by atoms with Crippen LogP contribution >= 0.6 is 11.3 Å². The summed E-state index contributed by atoms with van der Waals surface area (Å²) in [6.45, 7) is 3.82. The Morgan fingerprint density at radius 1 is 1.12 bits per heavy atom. The van der Waals surface area contributed by atoms with Gasteiger partial charge in [0.1, 0.15) is 4.83 Å². The van der Waals surface area contributed by atoms with Crippen LogP contribution in [-0.4, -0.2) is 34.6 Å². The van der Waals surface area contributed by atoms with Crippen LogP contribution in [0.15, 0.2) is 39.9 Å². The molecule has 0 amide bonds. The Labute approximate surface area is 149 Å². The van der Waals surface area contributed by atoms with Gasteiger partial charge in [-0.3, -0.25) is 14.3 Å². The fraction of sp³-hybridized carbons (Fsp3) is 0.368. The first-order chi connectivity index (χ1) is 12.1. The molecule has 1 fully saturated rings. The van der Waals surface area contributed by atoms with Gasteiger partial charge in [0.25, 0.3) is 5.56 Å². The number of nitrogens with zero attached hydrogens (tertiary/aromatic N) is 2. The Morgan fingerprint density at radius 2 is 1.80 bits per heavy atom. The molecule has 0 bridgehead atoms. The van der Waals surface area contributed by atoms with Crippen LogP contribution in [0.3, 0.4) is 0 Å². The summed E-state index contributed by atoms with van der Waals surface area (Å²) in [4.78, 5) is 32.8. The van der Waals surface area contributed by atoms with E-state index in [1.165, 1.54) is 15.9 Å². The molecule has 25 heavy (non-hydrogen) atoms. The maximum absolute atomic E-state index is 13.3. The van der Waals surface area contributed by atoms with Crippen LogP contribution in [0.5, 0.6) is 0 Å². The number of H-pyrrole nitrogens is 1. The molecule has 0 saturated carbocycles. The highest BCUT2D eigenvalue weighted by atomic mass is 32.1. The van der Waals surface area contributed by atoms with E-state index in [4.69, 9.17) is 0 Å². The van der Waals surface area contributed by atoms with Gasteiger partial charge in [-0.05, 0) is 45.5 Å². The number of aryl methyl sites for hydroxylation is 1. The molecule has 0 radical (unpaired) electrons. The Balaban J connectivity index is 1.95. The zero-order valence-corrected chi connectivity index (χ0v) is 15.2. The molecule has 6 heteroatoms. The number of aromatic amines is 1. The topological polar surface area (TPSA) is 58.1 Å². The third kappa shape index (κ3) is 2.75. The quantitative estimate of drug-likeness (QED) is 0.769. The first kappa shape index (κ1) is 16.3. The zero-order chi connectivity index (χ0) is 17.6. The molecular weight excluding hydrogens is 334 g/mol. The maximum Gasteiger partial charge on any atom is 0.329 e. The summed E-state index contributed by atoms with van der Waals surface area (Å²) < 4.78 is 1.45. The van der Waals surface area contributed by atoms with Crippen molar-refractivity contribution in [1.29, 1.82) is 0 Å². The zero-order valence-electron chi connectivity index (χ0n) is 14.4. The van der Waals surface area contributed by atoms with Crippen molar-refractivity contribution in [1.82, 2.24) is 14.5 Å². The lowest BCUT2D eigenvalue weighted by Gasteiger charge is -2.29. The number of likely N-dealkylation sites (tertiary alicyclic amines) is 1. The smallest absolute Gasteiger partial charge is 0.306 e. The van der Waals surface area contributed by atoms with Crippen LogP contribution in [-0.2, 0) is 0 Å². The van der Waals surface area contributed by atoms with Gasteiger partial charge < -0.3 is 4.90 Å². The normalized spacial score (nSPS) is 16.6. The van der Waals surface area contributed by atoms with Gasteiger partial charge in [-0.1, -0.05) is 30.3 Å². The molecule has 4 rings (SSSR count). The maximum atomic E-state index is 13.3. The fourth-order valence-electron chi connectivity index (χ4n) is 3.74. The summed E-state index contributed by atoms with van der Waals surface area (Å²) in [7, 11) is 2.07. The number of hydrogen-bond donors (Lipinski definition) is 1. The highest BCUT2D eigenvalue weighted by Crippen LogP contribution is 2.35. The monoisotopic (exact) mass is 355 g/mol. The van der Waals surface area contributed by atoms with E-state index in [1.807, 2.05) is 37.3 Å². The number of aromatic nitrogens is 2. The van der Waals surface area contributed by atoms with Crippen molar-refractivity contribution in [3.63, 3.8) is 0 Å². The molecule has 5 nitrogen and oxygen atoms in total. The number of benzene rings is 1. The summed E-state index contributed by atoms with van der Waals surface area (Å²) >= 11 is 1.48. The van der Waals surface area contributed by atoms with Gasteiger partial charge in [0, 0.05) is 16.5 Å². The number of rotatable bonds is 2. The van der Waals surface area contributed by atoms with E-state index < -0.39 is 0 Å². The minimum Gasteiger partial charge on any atom is -0.306 e. The molecule has 1 aliphatic heterocycles. The van der Waals surface area contributed by atoms with Crippen molar-refractivity contribution < 1.29 is 0 Å². The van der Waals surface area contributed by atoms with Crippen LogP contribution in [0, 0.1) is 6.92 Å². The Bertz CT molecular complexity index is 1020. The highest BCUT2D eigenvalue weighted by Gasteiger charge is 2.24. The lowest BCUT2D eigenvalue weighted by molar-refractivity contribution is 0.216. The second-order valence-corrected chi connectivity index (χ2v) is 7.97. The van der Waals surface area contributed by atoms with Crippen molar-refractivity contribution in [2.45, 2.75) is 25.8 Å². The van der Waals surface area contributed by atoms with Crippen LogP contribution < -0.4 is 11.2 Å². The number of piperidine rings is 1. The Morgan fingerprint density at radius 3 is 2.48 bits per heavy atom. The number of nitrogens with one attached hydrogen (secondary N) is 1. The SMILES string of the molecule is Cc1sc2[nH]c(=O)n(C3CCN(C)CC3)c(=O)c2c1-c1ccccc1. The van der Waals surface area contributed by atoms with Crippen molar-refractivity contribution in [3.05, 3.63) is 56.0 Å². The molecule has 0 atom stereocenters. The van der Waals surface area contributed by atoms with Crippen LogP contribution in [0.4, 0.5) is 0 Å². The van der Waals surface area contributed by atoms with Crippen molar-refractivity contribution in [2.75, 3.05) is 20.1 Å². The molecule has 1 saturated heterocycles. The predicted octanol–water partition coefficient (Wildman–Crippen LogP) is 2.99. The van der Waals surface area contributed by atoms with E-state index in [-0.39, 0.29) is 17.3 Å². The first-order valence-electron chi connectivity index (χ1n) is 8.58. The van der Waals surface area contributed by atoms with Gasteiger partial charge in [0.2, 0.25) is 0 Å². The second kappa shape index (κ2) is 6.28. The average molecular weight is 355 g/mol. The molecule has 130 valence electrons. The van der Waals surface area contributed by atoms with E-state index in [2.05, 4.69) is 16.9 Å². The van der Waals surface area contributed by atoms with E-state index in [1.54, 1.807) is 0 Å².